The lowest BCUT2D eigenvalue weighted by molar-refractivity contribution is -0.192. The molecule has 2 N–H and O–H groups in total. The first-order valence-corrected chi connectivity index (χ1v) is 14.0. The maximum atomic E-state index is 13.8. The van der Waals surface area contributed by atoms with E-state index in [2.05, 4.69) is 11.4 Å². The first-order chi connectivity index (χ1) is 16.3. The number of hydrogen-bond acceptors (Lipinski definition) is 7. The van der Waals surface area contributed by atoms with Gasteiger partial charge in [-0.15, -0.1) is 0 Å². The van der Waals surface area contributed by atoms with Gasteiger partial charge in [0.1, 0.15) is 12.4 Å². The molecule has 0 saturated heterocycles. The first-order valence-electron chi connectivity index (χ1n) is 12.5. The van der Waals surface area contributed by atoms with Crippen molar-refractivity contribution in [1.29, 1.82) is 0 Å². The molecular formula is C25H35O9P. The first kappa shape index (κ1) is 26.4. The van der Waals surface area contributed by atoms with Gasteiger partial charge >= 0.3 is 13.8 Å². The number of allylic oxidation sites excluding steroid dienone is 1. The Morgan fingerprint density at radius 1 is 1.14 bits per heavy atom. The fraction of sp³-hybridized carbons (Fsp3) is 0.760. The Morgan fingerprint density at radius 3 is 2.51 bits per heavy atom. The van der Waals surface area contributed by atoms with E-state index in [0.29, 0.717) is 38.5 Å². The van der Waals surface area contributed by atoms with Gasteiger partial charge < -0.3 is 14.5 Å². The van der Waals surface area contributed by atoms with E-state index in [0.717, 1.165) is 5.57 Å². The predicted molar refractivity (Wildman–Crippen MR) is 124 cm³/mol. The molecule has 0 unspecified atom stereocenters. The highest BCUT2D eigenvalue weighted by Crippen LogP contribution is 2.67. The molecule has 0 heterocycles. The number of hydrogen-bond donors (Lipinski definition) is 2. The number of ether oxygens (including phenoxy) is 1. The summed E-state index contributed by atoms with van der Waals surface area (Å²) in [4.78, 5) is 70.4. The molecule has 0 aromatic rings. The summed E-state index contributed by atoms with van der Waals surface area (Å²) >= 11 is 0. The van der Waals surface area contributed by atoms with Crippen molar-refractivity contribution < 1.29 is 42.8 Å². The lowest BCUT2D eigenvalue weighted by atomic mass is 9.46. The number of fused-ring (bicyclic) bond motifs is 5. The van der Waals surface area contributed by atoms with Gasteiger partial charge in [0.15, 0.2) is 11.4 Å². The SMILES string of the molecule is CCCC(=O)O[C@@]1(C(=O)COP(=O)(O)O)CC[C@H]2[C@@H]3CCC4=CC(=O)CC[C@]4(C)[C@H]3C(=O)C[C@@]21C. The molecule has 0 radical (unpaired) electrons. The predicted octanol–water partition coefficient (Wildman–Crippen LogP) is 3.46. The van der Waals surface area contributed by atoms with Gasteiger partial charge in [0.25, 0.3) is 0 Å². The van der Waals surface area contributed by atoms with Crippen molar-refractivity contribution in [2.45, 2.75) is 84.2 Å². The minimum Gasteiger partial charge on any atom is -0.450 e. The van der Waals surface area contributed by atoms with Crippen molar-refractivity contribution in [3.8, 4) is 0 Å². The van der Waals surface area contributed by atoms with E-state index in [1.165, 1.54) is 0 Å². The monoisotopic (exact) mass is 510 g/mol. The smallest absolute Gasteiger partial charge is 0.450 e. The summed E-state index contributed by atoms with van der Waals surface area (Å²) in [5.74, 6) is -1.57. The molecule has 194 valence electrons. The van der Waals surface area contributed by atoms with Crippen LogP contribution in [0.5, 0.6) is 0 Å². The maximum Gasteiger partial charge on any atom is 0.470 e. The fourth-order valence-electron chi connectivity index (χ4n) is 7.76. The molecule has 0 amide bonds. The van der Waals surface area contributed by atoms with E-state index in [9.17, 15) is 23.7 Å². The molecule has 0 aliphatic heterocycles. The van der Waals surface area contributed by atoms with Crippen LogP contribution in [0.1, 0.15) is 78.6 Å². The van der Waals surface area contributed by atoms with E-state index in [1.54, 1.807) is 6.08 Å². The zero-order valence-corrected chi connectivity index (χ0v) is 21.5. The van der Waals surface area contributed by atoms with E-state index in [4.69, 9.17) is 14.5 Å². The summed E-state index contributed by atoms with van der Waals surface area (Å²) < 4.78 is 21.7. The molecule has 10 heteroatoms. The van der Waals surface area contributed by atoms with Crippen LogP contribution >= 0.6 is 7.82 Å². The van der Waals surface area contributed by atoms with E-state index >= 15 is 0 Å². The number of esters is 1. The largest absolute Gasteiger partial charge is 0.470 e. The minimum atomic E-state index is -4.92. The van der Waals surface area contributed by atoms with Crippen LogP contribution < -0.4 is 0 Å². The Labute approximate surface area is 205 Å². The average molecular weight is 511 g/mol. The number of phosphoric ester groups is 1. The Kier molecular flexibility index (Phi) is 6.80. The van der Waals surface area contributed by atoms with Crippen LogP contribution in [-0.2, 0) is 33.0 Å². The summed E-state index contributed by atoms with van der Waals surface area (Å²) in [5, 5.41) is 0. The highest BCUT2D eigenvalue weighted by molar-refractivity contribution is 7.46. The zero-order chi connectivity index (χ0) is 25.8. The molecular weight excluding hydrogens is 475 g/mol. The second-order valence-corrected chi connectivity index (χ2v) is 12.4. The van der Waals surface area contributed by atoms with Crippen molar-refractivity contribution in [3.63, 3.8) is 0 Å². The van der Waals surface area contributed by atoms with Crippen LogP contribution in [-0.4, -0.2) is 45.3 Å². The van der Waals surface area contributed by atoms with Crippen LogP contribution in [0.15, 0.2) is 11.6 Å². The Morgan fingerprint density at radius 2 is 1.86 bits per heavy atom. The molecule has 0 aromatic carbocycles. The number of ketones is 3. The molecule has 0 spiro atoms. The lowest BCUT2D eigenvalue weighted by Gasteiger charge is -2.58. The van der Waals surface area contributed by atoms with E-state index in [-0.39, 0.29) is 48.6 Å². The molecule has 3 saturated carbocycles. The highest BCUT2D eigenvalue weighted by atomic mass is 31.2. The number of carbonyl (C=O) groups is 4. The second-order valence-electron chi connectivity index (χ2n) is 11.2. The molecule has 35 heavy (non-hydrogen) atoms. The minimum absolute atomic E-state index is 0.00211. The van der Waals surface area contributed by atoms with Crippen molar-refractivity contribution in [3.05, 3.63) is 11.6 Å². The molecule has 4 aliphatic carbocycles. The third-order valence-corrected chi connectivity index (χ3v) is 9.80. The second kappa shape index (κ2) is 9.02. The van der Waals surface area contributed by atoms with Crippen LogP contribution in [0.2, 0.25) is 0 Å². The molecule has 0 aromatic heterocycles. The number of phosphoric acid groups is 1. The van der Waals surface area contributed by atoms with Gasteiger partial charge in [-0.3, -0.25) is 23.7 Å². The number of rotatable bonds is 7. The average Bonchev–Trinajstić information content (AvgIpc) is 3.04. The van der Waals surface area contributed by atoms with E-state index in [1.807, 2.05) is 13.8 Å². The van der Waals surface area contributed by atoms with Crippen LogP contribution in [0.3, 0.4) is 0 Å². The maximum absolute atomic E-state index is 13.8. The van der Waals surface area contributed by atoms with Gasteiger partial charge in [-0.2, -0.15) is 0 Å². The standard InChI is InChI=1S/C25H35O9P/c1-4-5-21(29)34-25(20(28)14-33-35(30,31)32)11-9-18-17-7-6-15-12-16(26)8-10-23(15,2)22(17)19(27)13-24(18,25)3/h12,17-18,22H,4-11,13-14H2,1-3H3,(H2,30,31,32)/t17-,18-,22+,23-,24-,25+/m0/s1. The van der Waals surface area contributed by atoms with Crippen LogP contribution in [0, 0.1) is 28.6 Å². The third kappa shape index (κ3) is 4.28. The van der Waals surface area contributed by atoms with Gasteiger partial charge in [-0.1, -0.05) is 26.3 Å². The van der Waals surface area contributed by atoms with Gasteiger partial charge in [0, 0.05) is 30.6 Å². The van der Waals surface area contributed by atoms with Crippen molar-refractivity contribution in [2.24, 2.45) is 28.6 Å². The normalized spacial score (nSPS) is 38.8. The topological polar surface area (TPSA) is 144 Å². The molecule has 4 aliphatic rings. The molecule has 0 bridgehead atoms. The Bertz CT molecular complexity index is 1030. The summed E-state index contributed by atoms with van der Waals surface area (Å²) in [6.45, 7) is 4.79. The van der Waals surface area contributed by atoms with Gasteiger partial charge in [0.2, 0.25) is 5.78 Å². The molecule has 3 fully saturated rings. The van der Waals surface area contributed by atoms with Gasteiger partial charge in [0.05, 0.1) is 0 Å². The number of Topliss-reactive ketones (excluding diaryl/α,β-unsaturated/α-hetero) is 2. The Balaban J connectivity index is 1.72. The summed E-state index contributed by atoms with van der Waals surface area (Å²) in [6.07, 6.45) is 5.54. The quantitative estimate of drug-likeness (QED) is 0.388. The van der Waals surface area contributed by atoms with Crippen LogP contribution in [0.4, 0.5) is 0 Å². The number of carbonyl (C=O) groups excluding carboxylic acids is 4. The van der Waals surface area contributed by atoms with E-state index < -0.39 is 42.6 Å². The summed E-state index contributed by atoms with van der Waals surface area (Å²) in [6, 6.07) is 0. The van der Waals surface area contributed by atoms with Crippen molar-refractivity contribution in [2.75, 3.05) is 6.61 Å². The lowest BCUT2D eigenvalue weighted by Crippen LogP contribution is -2.62. The fourth-order valence-corrected chi connectivity index (χ4v) is 8.05. The molecule has 9 nitrogen and oxygen atoms in total. The van der Waals surface area contributed by atoms with Crippen molar-refractivity contribution >= 4 is 31.1 Å². The summed E-state index contributed by atoms with van der Waals surface area (Å²) in [5.41, 5.74) is -2.05. The van der Waals surface area contributed by atoms with Gasteiger partial charge in [-0.05, 0) is 61.9 Å². The zero-order valence-electron chi connectivity index (χ0n) is 20.6. The highest BCUT2D eigenvalue weighted by Gasteiger charge is 2.70. The Hall–Kier alpha value is -1.67. The summed E-state index contributed by atoms with van der Waals surface area (Å²) in [7, 11) is -4.92. The van der Waals surface area contributed by atoms with Crippen LogP contribution in [0.25, 0.3) is 0 Å². The molecule has 6 atom stereocenters. The van der Waals surface area contributed by atoms with Crippen molar-refractivity contribution in [1.82, 2.24) is 0 Å². The third-order valence-electron chi connectivity index (χ3n) is 9.33. The van der Waals surface area contributed by atoms with Gasteiger partial charge in [-0.25, -0.2) is 4.57 Å². The molecule has 4 rings (SSSR count).